The van der Waals surface area contributed by atoms with Gasteiger partial charge in [0.25, 0.3) is 0 Å². The molecule has 82 valence electrons. The molecule has 1 fully saturated rings. The molecule has 1 heterocycles. The van der Waals surface area contributed by atoms with E-state index >= 15 is 0 Å². The Balaban J connectivity index is 2.44. The third-order valence-electron chi connectivity index (χ3n) is 3.12. The second-order valence-electron chi connectivity index (χ2n) is 4.85. The first-order valence-electron chi connectivity index (χ1n) is 5.52. The molecule has 3 nitrogen and oxygen atoms in total. The highest BCUT2D eigenvalue weighted by Gasteiger charge is 2.31. The van der Waals surface area contributed by atoms with Crippen LogP contribution in [-0.4, -0.2) is 30.4 Å². The zero-order valence-corrected chi connectivity index (χ0v) is 9.49. The van der Waals surface area contributed by atoms with E-state index < -0.39 is 0 Å². The van der Waals surface area contributed by atoms with Gasteiger partial charge in [0, 0.05) is 19.5 Å². The summed E-state index contributed by atoms with van der Waals surface area (Å²) in [7, 11) is 0. The van der Waals surface area contributed by atoms with Gasteiger partial charge in [0.1, 0.15) is 0 Å². The molecule has 0 aromatic carbocycles. The number of nitrogens with zero attached hydrogens (tertiary/aromatic N) is 1. The van der Waals surface area contributed by atoms with Gasteiger partial charge in [-0.25, -0.2) is 0 Å². The van der Waals surface area contributed by atoms with Crippen molar-refractivity contribution in [1.82, 2.24) is 4.90 Å². The Morgan fingerprint density at radius 3 is 2.57 bits per heavy atom. The molecule has 0 aromatic heterocycles. The average molecular weight is 198 g/mol. The summed E-state index contributed by atoms with van der Waals surface area (Å²) in [5, 5.41) is 0. The van der Waals surface area contributed by atoms with Crippen LogP contribution in [0.2, 0.25) is 0 Å². The van der Waals surface area contributed by atoms with E-state index in [1.54, 1.807) is 0 Å². The molecule has 2 unspecified atom stereocenters. The van der Waals surface area contributed by atoms with Crippen LogP contribution in [0.15, 0.2) is 0 Å². The highest BCUT2D eigenvalue weighted by atomic mass is 16.2. The maximum atomic E-state index is 11.6. The second-order valence-corrected chi connectivity index (χ2v) is 4.85. The SMILES string of the molecule is CC(CN)CN1CC(C(C)C)CC1=O. The lowest BCUT2D eigenvalue weighted by Crippen LogP contribution is -2.33. The molecule has 0 saturated carbocycles. The molecule has 0 bridgehead atoms. The van der Waals surface area contributed by atoms with Crippen molar-refractivity contribution in [2.24, 2.45) is 23.5 Å². The highest BCUT2D eigenvalue weighted by Crippen LogP contribution is 2.25. The maximum absolute atomic E-state index is 11.6. The van der Waals surface area contributed by atoms with E-state index in [-0.39, 0.29) is 0 Å². The summed E-state index contributed by atoms with van der Waals surface area (Å²) in [5.74, 6) is 1.89. The number of amides is 1. The van der Waals surface area contributed by atoms with Gasteiger partial charge in [0.15, 0.2) is 0 Å². The van der Waals surface area contributed by atoms with Crippen molar-refractivity contribution in [3.05, 3.63) is 0 Å². The Labute approximate surface area is 86.6 Å². The van der Waals surface area contributed by atoms with Crippen LogP contribution in [0, 0.1) is 17.8 Å². The maximum Gasteiger partial charge on any atom is 0.222 e. The summed E-state index contributed by atoms with van der Waals surface area (Å²) in [4.78, 5) is 13.6. The summed E-state index contributed by atoms with van der Waals surface area (Å²) in [6.07, 6.45) is 0.731. The Hall–Kier alpha value is -0.570. The molecule has 0 aliphatic carbocycles. The van der Waals surface area contributed by atoms with Crippen molar-refractivity contribution in [3.63, 3.8) is 0 Å². The van der Waals surface area contributed by atoms with E-state index in [0.29, 0.717) is 30.2 Å². The molecule has 2 atom stereocenters. The molecule has 1 aliphatic rings. The van der Waals surface area contributed by atoms with Crippen molar-refractivity contribution in [2.45, 2.75) is 27.2 Å². The minimum absolute atomic E-state index is 0.309. The number of carbonyl (C=O) groups is 1. The smallest absolute Gasteiger partial charge is 0.222 e. The van der Waals surface area contributed by atoms with Gasteiger partial charge in [-0.3, -0.25) is 4.79 Å². The van der Waals surface area contributed by atoms with E-state index in [0.717, 1.165) is 19.5 Å². The van der Waals surface area contributed by atoms with Crippen molar-refractivity contribution >= 4 is 5.91 Å². The van der Waals surface area contributed by atoms with Crippen molar-refractivity contribution in [3.8, 4) is 0 Å². The Morgan fingerprint density at radius 2 is 2.14 bits per heavy atom. The van der Waals surface area contributed by atoms with E-state index in [2.05, 4.69) is 20.8 Å². The third-order valence-corrected chi connectivity index (χ3v) is 3.12. The van der Waals surface area contributed by atoms with Crippen LogP contribution >= 0.6 is 0 Å². The van der Waals surface area contributed by atoms with Crippen molar-refractivity contribution < 1.29 is 4.79 Å². The lowest BCUT2D eigenvalue weighted by Gasteiger charge is -2.21. The Morgan fingerprint density at radius 1 is 1.50 bits per heavy atom. The van der Waals surface area contributed by atoms with E-state index in [9.17, 15) is 4.79 Å². The van der Waals surface area contributed by atoms with Crippen molar-refractivity contribution in [1.29, 1.82) is 0 Å². The fourth-order valence-electron chi connectivity index (χ4n) is 1.88. The fourth-order valence-corrected chi connectivity index (χ4v) is 1.88. The number of hydrogen-bond acceptors (Lipinski definition) is 2. The Kier molecular flexibility index (Phi) is 3.93. The van der Waals surface area contributed by atoms with Gasteiger partial charge in [0.05, 0.1) is 0 Å². The standard InChI is InChI=1S/C11H22N2O/c1-8(2)10-4-11(14)13(7-10)6-9(3)5-12/h8-10H,4-7,12H2,1-3H3. The summed E-state index contributed by atoms with van der Waals surface area (Å²) in [6, 6.07) is 0. The number of carbonyl (C=O) groups excluding carboxylic acids is 1. The van der Waals surface area contributed by atoms with Crippen LogP contribution in [0.3, 0.4) is 0 Å². The summed E-state index contributed by atoms with van der Waals surface area (Å²) in [6.45, 7) is 8.90. The van der Waals surface area contributed by atoms with Gasteiger partial charge in [-0.15, -0.1) is 0 Å². The number of nitrogens with two attached hydrogens (primary N) is 1. The molecule has 0 aromatic rings. The molecule has 1 amide bonds. The Bertz CT molecular complexity index is 203. The van der Waals surface area contributed by atoms with Gasteiger partial charge in [-0.2, -0.15) is 0 Å². The first-order chi connectivity index (χ1) is 6.54. The number of rotatable bonds is 4. The zero-order chi connectivity index (χ0) is 10.7. The molecule has 0 radical (unpaired) electrons. The lowest BCUT2D eigenvalue weighted by molar-refractivity contribution is -0.128. The van der Waals surface area contributed by atoms with Crippen LogP contribution in [0.5, 0.6) is 0 Å². The summed E-state index contributed by atoms with van der Waals surface area (Å²) < 4.78 is 0. The molecule has 3 heteroatoms. The largest absolute Gasteiger partial charge is 0.342 e. The van der Waals surface area contributed by atoms with Crippen molar-refractivity contribution in [2.75, 3.05) is 19.6 Å². The molecule has 1 saturated heterocycles. The quantitative estimate of drug-likeness (QED) is 0.735. The predicted molar refractivity (Wildman–Crippen MR) is 57.7 cm³/mol. The minimum Gasteiger partial charge on any atom is -0.342 e. The average Bonchev–Trinajstić information content (AvgIpc) is 2.48. The first-order valence-corrected chi connectivity index (χ1v) is 5.52. The van der Waals surface area contributed by atoms with Gasteiger partial charge in [-0.1, -0.05) is 20.8 Å². The number of hydrogen-bond donors (Lipinski definition) is 1. The highest BCUT2D eigenvalue weighted by molar-refractivity contribution is 5.78. The minimum atomic E-state index is 0.309. The van der Waals surface area contributed by atoms with Gasteiger partial charge < -0.3 is 10.6 Å². The summed E-state index contributed by atoms with van der Waals surface area (Å²) >= 11 is 0. The molecule has 2 N–H and O–H groups in total. The molecule has 1 aliphatic heterocycles. The van der Waals surface area contributed by atoms with E-state index in [1.807, 2.05) is 4.90 Å². The molecule has 14 heavy (non-hydrogen) atoms. The van der Waals surface area contributed by atoms with Gasteiger partial charge >= 0.3 is 0 Å². The third kappa shape index (κ3) is 2.71. The van der Waals surface area contributed by atoms with Crippen LogP contribution in [0.1, 0.15) is 27.2 Å². The molecular weight excluding hydrogens is 176 g/mol. The van der Waals surface area contributed by atoms with Gasteiger partial charge in [-0.05, 0) is 24.3 Å². The fraction of sp³-hybridized carbons (Fsp3) is 0.909. The van der Waals surface area contributed by atoms with Gasteiger partial charge in [0.2, 0.25) is 5.91 Å². The van der Waals surface area contributed by atoms with E-state index in [1.165, 1.54) is 0 Å². The lowest BCUT2D eigenvalue weighted by atomic mass is 9.95. The topological polar surface area (TPSA) is 46.3 Å². The predicted octanol–water partition coefficient (Wildman–Crippen LogP) is 1.09. The van der Waals surface area contributed by atoms with Crippen LogP contribution in [0.4, 0.5) is 0 Å². The second kappa shape index (κ2) is 4.78. The van der Waals surface area contributed by atoms with Crippen LogP contribution in [-0.2, 0) is 4.79 Å². The normalized spacial score (nSPS) is 24.8. The van der Waals surface area contributed by atoms with Crippen LogP contribution in [0.25, 0.3) is 0 Å². The summed E-state index contributed by atoms with van der Waals surface area (Å²) in [5.41, 5.74) is 5.55. The molecule has 0 spiro atoms. The molecule has 1 rings (SSSR count). The number of likely N-dealkylation sites (tertiary alicyclic amines) is 1. The van der Waals surface area contributed by atoms with Crippen LogP contribution < -0.4 is 5.73 Å². The van der Waals surface area contributed by atoms with E-state index in [4.69, 9.17) is 5.73 Å². The molecular formula is C11H22N2O. The first kappa shape index (κ1) is 11.5. The monoisotopic (exact) mass is 198 g/mol. The zero-order valence-electron chi connectivity index (χ0n) is 9.49.